The Bertz CT molecular complexity index is 643. The number of carboxylic acids is 1. The first-order chi connectivity index (χ1) is 8.90. The Morgan fingerprint density at radius 3 is 2.58 bits per heavy atom. The zero-order valence-electron chi connectivity index (χ0n) is 9.49. The lowest BCUT2D eigenvalue weighted by Gasteiger charge is -2.04. The van der Waals surface area contributed by atoms with Gasteiger partial charge in [-0.1, -0.05) is 0 Å². The van der Waals surface area contributed by atoms with Gasteiger partial charge in [0.25, 0.3) is 5.91 Å². The van der Waals surface area contributed by atoms with E-state index < -0.39 is 5.97 Å². The van der Waals surface area contributed by atoms with Crippen molar-refractivity contribution >= 4 is 72.1 Å². The minimum atomic E-state index is -1.04. The Kier molecular flexibility index (Phi) is 4.44. The Balaban J connectivity index is 2.29. The molecule has 100 valence electrons. The second-order valence-corrected chi connectivity index (χ2v) is 7.72. The Hall–Kier alpha value is -0.700. The molecule has 0 spiro atoms. The zero-order chi connectivity index (χ0) is 14.2. The molecule has 0 aliphatic carbocycles. The second kappa shape index (κ2) is 5.74. The van der Waals surface area contributed by atoms with E-state index in [4.69, 9.17) is 5.11 Å². The fourth-order valence-electron chi connectivity index (χ4n) is 1.39. The lowest BCUT2D eigenvalue weighted by molar-refractivity contribution is 0.0703. The molecule has 1 amide bonds. The number of carbonyl (C=O) groups is 2. The molecule has 0 fully saturated rings. The molecule has 0 saturated carbocycles. The molecule has 19 heavy (non-hydrogen) atoms. The van der Waals surface area contributed by atoms with Gasteiger partial charge in [-0.05, 0) is 55.8 Å². The molecule has 2 heterocycles. The standard InChI is InChI=1S/C11H7Br2NO3S2/c1-4-3-18-8(11(16)17)7(4)14-10(15)6-2-5(12)9(13)19-6/h2-3H,1H3,(H,14,15)(H,16,17). The van der Waals surface area contributed by atoms with Crippen molar-refractivity contribution in [3.63, 3.8) is 0 Å². The fourth-order valence-corrected chi connectivity index (χ4v) is 4.16. The summed E-state index contributed by atoms with van der Waals surface area (Å²) in [6.07, 6.45) is 0. The van der Waals surface area contributed by atoms with Crippen LogP contribution in [0.25, 0.3) is 0 Å². The highest BCUT2D eigenvalue weighted by atomic mass is 79.9. The third-order valence-corrected chi connectivity index (χ3v) is 6.62. The van der Waals surface area contributed by atoms with E-state index in [1.807, 2.05) is 0 Å². The Labute approximate surface area is 133 Å². The summed E-state index contributed by atoms with van der Waals surface area (Å²) in [5.74, 6) is -1.36. The van der Waals surface area contributed by atoms with Crippen LogP contribution in [0.4, 0.5) is 5.69 Å². The lowest BCUT2D eigenvalue weighted by atomic mass is 10.2. The average molecular weight is 425 g/mol. The van der Waals surface area contributed by atoms with Crippen molar-refractivity contribution < 1.29 is 14.7 Å². The topological polar surface area (TPSA) is 66.4 Å². The number of halogens is 2. The quantitative estimate of drug-likeness (QED) is 0.756. The van der Waals surface area contributed by atoms with Gasteiger partial charge in [-0.3, -0.25) is 4.79 Å². The van der Waals surface area contributed by atoms with Gasteiger partial charge in [0.2, 0.25) is 0 Å². The van der Waals surface area contributed by atoms with E-state index in [0.29, 0.717) is 10.6 Å². The molecule has 8 heteroatoms. The van der Waals surface area contributed by atoms with Gasteiger partial charge >= 0.3 is 5.97 Å². The van der Waals surface area contributed by atoms with Crippen molar-refractivity contribution in [2.24, 2.45) is 0 Å². The van der Waals surface area contributed by atoms with Gasteiger partial charge in [-0.2, -0.15) is 0 Å². The molecule has 0 unspecified atom stereocenters. The first-order valence-electron chi connectivity index (χ1n) is 4.97. The maximum absolute atomic E-state index is 12.1. The molecule has 4 nitrogen and oxygen atoms in total. The highest BCUT2D eigenvalue weighted by Crippen LogP contribution is 2.34. The average Bonchev–Trinajstić information content (AvgIpc) is 2.85. The van der Waals surface area contributed by atoms with Gasteiger partial charge in [0.05, 0.1) is 14.4 Å². The van der Waals surface area contributed by atoms with Crippen molar-refractivity contribution in [3.05, 3.63) is 35.0 Å². The zero-order valence-corrected chi connectivity index (χ0v) is 14.3. The number of nitrogens with one attached hydrogen (secondary N) is 1. The number of aromatic carboxylic acids is 1. The molecule has 0 aromatic carbocycles. The molecule has 0 saturated heterocycles. The van der Waals surface area contributed by atoms with Crippen LogP contribution in [0.5, 0.6) is 0 Å². The van der Waals surface area contributed by atoms with Crippen LogP contribution in [0.15, 0.2) is 19.7 Å². The smallest absolute Gasteiger partial charge is 0.348 e. The van der Waals surface area contributed by atoms with E-state index >= 15 is 0 Å². The summed E-state index contributed by atoms with van der Waals surface area (Å²) >= 11 is 9.00. The van der Waals surface area contributed by atoms with Crippen LogP contribution in [0.1, 0.15) is 24.9 Å². The SMILES string of the molecule is Cc1csc(C(=O)O)c1NC(=O)c1cc(Br)c(Br)s1. The summed E-state index contributed by atoms with van der Waals surface area (Å²) in [6, 6.07) is 1.69. The summed E-state index contributed by atoms with van der Waals surface area (Å²) in [7, 11) is 0. The minimum absolute atomic E-state index is 0.139. The van der Waals surface area contributed by atoms with Gasteiger partial charge in [0, 0.05) is 4.47 Å². The maximum atomic E-state index is 12.1. The molecule has 0 radical (unpaired) electrons. The maximum Gasteiger partial charge on any atom is 0.348 e. The molecule has 2 rings (SSSR count). The molecule has 2 aromatic rings. The second-order valence-electron chi connectivity index (χ2n) is 3.61. The van der Waals surface area contributed by atoms with Crippen LogP contribution in [0.2, 0.25) is 0 Å². The van der Waals surface area contributed by atoms with Crippen molar-refractivity contribution in [2.45, 2.75) is 6.92 Å². The largest absolute Gasteiger partial charge is 0.477 e. The summed E-state index contributed by atoms with van der Waals surface area (Å²) in [4.78, 5) is 23.8. The van der Waals surface area contributed by atoms with Crippen LogP contribution in [0, 0.1) is 6.92 Å². The number of carbonyl (C=O) groups excluding carboxylic acids is 1. The van der Waals surface area contributed by atoms with Crippen LogP contribution in [-0.2, 0) is 0 Å². The van der Waals surface area contributed by atoms with E-state index in [9.17, 15) is 9.59 Å². The monoisotopic (exact) mass is 423 g/mol. The van der Waals surface area contributed by atoms with Gasteiger partial charge < -0.3 is 10.4 Å². The molecule has 0 bridgehead atoms. The van der Waals surface area contributed by atoms with Gasteiger partial charge in [0.1, 0.15) is 4.88 Å². The molecular weight excluding hydrogens is 418 g/mol. The van der Waals surface area contributed by atoms with E-state index in [1.165, 1.54) is 11.3 Å². The third-order valence-electron chi connectivity index (χ3n) is 2.28. The van der Waals surface area contributed by atoms with Gasteiger partial charge in [-0.25, -0.2) is 4.79 Å². The summed E-state index contributed by atoms with van der Waals surface area (Å²) in [5.41, 5.74) is 1.11. The van der Waals surface area contributed by atoms with Crippen molar-refractivity contribution in [3.8, 4) is 0 Å². The summed E-state index contributed by atoms with van der Waals surface area (Å²) in [6.45, 7) is 1.76. The molecule has 2 aromatic heterocycles. The number of hydrogen-bond donors (Lipinski definition) is 2. The molecule has 0 aliphatic heterocycles. The molecule has 0 aliphatic rings. The summed E-state index contributed by atoms with van der Waals surface area (Å²) < 4.78 is 1.61. The van der Waals surface area contributed by atoms with Crippen molar-refractivity contribution in [1.29, 1.82) is 0 Å². The number of thiophene rings is 2. The number of amides is 1. The first kappa shape index (κ1) is 14.7. The fraction of sp³-hybridized carbons (Fsp3) is 0.0909. The van der Waals surface area contributed by atoms with E-state index in [1.54, 1.807) is 18.4 Å². The van der Waals surface area contributed by atoms with E-state index in [2.05, 4.69) is 37.2 Å². The highest BCUT2D eigenvalue weighted by molar-refractivity contribution is 9.13. The number of aryl methyl sites for hydroxylation is 1. The number of hydrogen-bond acceptors (Lipinski definition) is 4. The number of rotatable bonds is 3. The Morgan fingerprint density at radius 2 is 2.05 bits per heavy atom. The normalized spacial score (nSPS) is 10.5. The third kappa shape index (κ3) is 3.07. The van der Waals surface area contributed by atoms with Crippen molar-refractivity contribution in [1.82, 2.24) is 0 Å². The summed E-state index contributed by atoms with van der Waals surface area (Å²) in [5, 5.41) is 13.4. The molecule has 2 N–H and O–H groups in total. The number of anilines is 1. The highest BCUT2D eigenvalue weighted by Gasteiger charge is 2.19. The van der Waals surface area contributed by atoms with Crippen LogP contribution < -0.4 is 5.32 Å². The van der Waals surface area contributed by atoms with Crippen molar-refractivity contribution in [2.75, 3.05) is 5.32 Å². The minimum Gasteiger partial charge on any atom is -0.477 e. The van der Waals surface area contributed by atoms with Crippen LogP contribution in [0.3, 0.4) is 0 Å². The Morgan fingerprint density at radius 1 is 1.37 bits per heavy atom. The van der Waals surface area contributed by atoms with Gasteiger partial charge in [-0.15, -0.1) is 22.7 Å². The predicted molar refractivity (Wildman–Crippen MR) is 83.7 cm³/mol. The molecular formula is C11H7Br2NO3S2. The van der Waals surface area contributed by atoms with E-state index in [0.717, 1.165) is 25.2 Å². The lowest BCUT2D eigenvalue weighted by Crippen LogP contribution is -2.12. The predicted octanol–water partition coefficient (Wildman–Crippen LogP) is 4.59. The van der Waals surface area contributed by atoms with Crippen LogP contribution in [-0.4, -0.2) is 17.0 Å². The first-order valence-corrected chi connectivity index (χ1v) is 8.26. The van der Waals surface area contributed by atoms with Crippen LogP contribution >= 0.6 is 54.5 Å². The van der Waals surface area contributed by atoms with E-state index in [-0.39, 0.29) is 10.8 Å². The number of carboxylic acid groups (broad SMARTS) is 1. The molecule has 0 atom stereocenters. The van der Waals surface area contributed by atoms with Gasteiger partial charge in [0.15, 0.2) is 0 Å².